The molecule has 0 bridgehead atoms. The number of H-pyrrole nitrogens is 1. The van der Waals surface area contributed by atoms with Crippen LogP contribution in [-0.2, 0) is 6.54 Å². The van der Waals surface area contributed by atoms with Gasteiger partial charge < -0.3 is 5.32 Å². The van der Waals surface area contributed by atoms with Gasteiger partial charge in [-0.25, -0.2) is 8.78 Å². The lowest BCUT2D eigenvalue weighted by molar-refractivity contribution is 0.0942. The molecule has 0 aliphatic heterocycles. The minimum Gasteiger partial charge on any atom is -0.348 e. The molecule has 0 saturated heterocycles. The number of hydrogen-bond acceptors (Lipinski definition) is 2. The van der Waals surface area contributed by atoms with Crippen LogP contribution in [0, 0.1) is 25.5 Å². The first-order chi connectivity index (χ1) is 9.00. The smallest absolute Gasteiger partial charge is 0.257 e. The van der Waals surface area contributed by atoms with Crippen LogP contribution in [0.2, 0.25) is 0 Å². The van der Waals surface area contributed by atoms with Crippen molar-refractivity contribution in [2.45, 2.75) is 20.4 Å². The van der Waals surface area contributed by atoms with Crippen molar-refractivity contribution in [2.75, 3.05) is 0 Å². The van der Waals surface area contributed by atoms with Crippen LogP contribution in [-0.4, -0.2) is 16.1 Å². The maximum Gasteiger partial charge on any atom is 0.257 e. The number of nitrogens with one attached hydrogen (secondary N) is 2. The van der Waals surface area contributed by atoms with E-state index < -0.39 is 23.1 Å². The highest BCUT2D eigenvalue weighted by molar-refractivity contribution is 5.94. The number of aryl methyl sites for hydroxylation is 2. The average Bonchev–Trinajstić information content (AvgIpc) is 2.66. The molecule has 0 unspecified atom stereocenters. The van der Waals surface area contributed by atoms with Crippen LogP contribution in [0.15, 0.2) is 18.2 Å². The normalized spacial score (nSPS) is 10.5. The Morgan fingerprint density at radius 3 is 2.47 bits per heavy atom. The molecule has 2 N–H and O–H groups in total. The Morgan fingerprint density at radius 1 is 1.32 bits per heavy atom. The van der Waals surface area contributed by atoms with Gasteiger partial charge in [0.2, 0.25) is 0 Å². The van der Waals surface area contributed by atoms with Crippen LogP contribution >= 0.6 is 0 Å². The Bertz CT molecular complexity index is 583. The van der Waals surface area contributed by atoms with E-state index in [4.69, 9.17) is 0 Å². The molecule has 100 valence electrons. The fourth-order valence-electron chi connectivity index (χ4n) is 1.81. The SMILES string of the molecule is Cc1n[nH]c(C)c1CNC(=O)c1c(F)cccc1F. The number of amides is 1. The molecule has 6 heteroatoms. The van der Waals surface area contributed by atoms with Crippen molar-refractivity contribution in [3.63, 3.8) is 0 Å². The van der Waals surface area contributed by atoms with Gasteiger partial charge in [-0.3, -0.25) is 9.89 Å². The average molecular weight is 265 g/mol. The number of carbonyl (C=O) groups is 1. The molecule has 0 fully saturated rings. The lowest BCUT2D eigenvalue weighted by Gasteiger charge is -2.07. The highest BCUT2D eigenvalue weighted by atomic mass is 19.1. The van der Waals surface area contributed by atoms with E-state index in [0.717, 1.165) is 29.1 Å². The van der Waals surface area contributed by atoms with Gasteiger partial charge in [0, 0.05) is 17.8 Å². The summed E-state index contributed by atoms with van der Waals surface area (Å²) in [5, 5.41) is 9.24. The maximum absolute atomic E-state index is 13.4. The van der Waals surface area contributed by atoms with Crippen LogP contribution < -0.4 is 5.32 Å². The Kier molecular flexibility index (Phi) is 3.59. The highest BCUT2D eigenvalue weighted by Gasteiger charge is 2.17. The molecule has 0 saturated carbocycles. The third kappa shape index (κ3) is 2.62. The summed E-state index contributed by atoms with van der Waals surface area (Å²) in [7, 11) is 0. The second-order valence-electron chi connectivity index (χ2n) is 4.19. The van der Waals surface area contributed by atoms with Gasteiger partial charge >= 0.3 is 0 Å². The van der Waals surface area contributed by atoms with Crippen molar-refractivity contribution >= 4 is 5.91 Å². The molecule has 0 atom stereocenters. The summed E-state index contributed by atoms with van der Waals surface area (Å²) in [5.74, 6) is -2.54. The molecule has 0 aliphatic carbocycles. The number of aromatic amines is 1. The van der Waals surface area contributed by atoms with Gasteiger partial charge in [0.25, 0.3) is 5.91 Å². The van der Waals surface area contributed by atoms with Gasteiger partial charge in [-0.2, -0.15) is 5.10 Å². The van der Waals surface area contributed by atoms with Crippen molar-refractivity contribution in [3.8, 4) is 0 Å². The minimum absolute atomic E-state index is 0.167. The monoisotopic (exact) mass is 265 g/mol. The van der Waals surface area contributed by atoms with Gasteiger partial charge in [0.05, 0.1) is 5.69 Å². The molecule has 0 radical (unpaired) electrons. The lowest BCUT2D eigenvalue weighted by Crippen LogP contribution is -2.25. The number of rotatable bonds is 3. The number of halogens is 2. The predicted octanol–water partition coefficient (Wildman–Crippen LogP) is 2.23. The Hall–Kier alpha value is -2.24. The van der Waals surface area contributed by atoms with Crippen LogP contribution in [0.1, 0.15) is 27.3 Å². The van der Waals surface area contributed by atoms with Crippen LogP contribution in [0.3, 0.4) is 0 Å². The largest absolute Gasteiger partial charge is 0.348 e. The third-order valence-electron chi connectivity index (χ3n) is 2.90. The minimum atomic E-state index is -0.877. The molecule has 1 heterocycles. The van der Waals surface area contributed by atoms with Gasteiger partial charge in [0.15, 0.2) is 0 Å². The molecular formula is C13H13F2N3O. The first-order valence-electron chi connectivity index (χ1n) is 5.73. The second kappa shape index (κ2) is 5.17. The number of carbonyl (C=O) groups excluding carboxylic acids is 1. The van der Waals surface area contributed by atoms with Crippen LogP contribution in [0.4, 0.5) is 8.78 Å². The first-order valence-corrected chi connectivity index (χ1v) is 5.73. The molecule has 2 rings (SSSR count). The Morgan fingerprint density at radius 2 is 1.95 bits per heavy atom. The van der Waals surface area contributed by atoms with E-state index in [0.29, 0.717) is 0 Å². The number of aromatic nitrogens is 2. The summed E-state index contributed by atoms with van der Waals surface area (Å²) >= 11 is 0. The summed E-state index contributed by atoms with van der Waals surface area (Å²) in [6, 6.07) is 3.31. The predicted molar refractivity (Wildman–Crippen MR) is 65.6 cm³/mol. The van der Waals surface area contributed by atoms with Gasteiger partial charge in [-0.1, -0.05) is 6.07 Å². The molecule has 4 nitrogen and oxygen atoms in total. The molecular weight excluding hydrogens is 252 g/mol. The summed E-state index contributed by atoms with van der Waals surface area (Å²) < 4.78 is 26.8. The molecule has 1 aromatic carbocycles. The lowest BCUT2D eigenvalue weighted by atomic mass is 10.1. The zero-order chi connectivity index (χ0) is 14.0. The van der Waals surface area contributed by atoms with Gasteiger partial charge in [-0.15, -0.1) is 0 Å². The van der Waals surface area contributed by atoms with E-state index in [-0.39, 0.29) is 6.54 Å². The van der Waals surface area contributed by atoms with Crippen LogP contribution in [0.5, 0.6) is 0 Å². The maximum atomic E-state index is 13.4. The molecule has 1 aromatic heterocycles. The molecule has 0 spiro atoms. The molecule has 2 aromatic rings. The fraction of sp³-hybridized carbons (Fsp3) is 0.231. The first kappa shape index (κ1) is 13.2. The van der Waals surface area contributed by atoms with Crippen molar-refractivity contribution in [1.29, 1.82) is 0 Å². The molecule has 0 aliphatic rings. The fourth-order valence-corrected chi connectivity index (χ4v) is 1.81. The highest BCUT2D eigenvalue weighted by Crippen LogP contribution is 2.13. The van der Waals surface area contributed by atoms with Gasteiger partial charge in [-0.05, 0) is 26.0 Å². The topological polar surface area (TPSA) is 57.8 Å². The van der Waals surface area contributed by atoms with E-state index in [1.165, 1.54) is 6.07 Å². The number of hydrogen-bond donors (Lipinski definition) is 2. The van der Waals surface area contributed by atoms with E-state index in [1.807, 2.05) is 6.92 Å². The van der Waals surface area contributed by atoms with E-state index >= 15 is 0 Å². The van der Waals surface area contributed by atoms with E-state index in [2.05, 4.69) is 15.5 Å². The molecule has 1 amide bonds. The van der Waals surface area contributed by atoms with Crippen molar-refractivity contribution < 1.29 is 13.6 Å². The Balaban J connectivity index is 2.15. The van der Waals surface area contributed by atoms with Crippen LogP contribution in [0.25, 0.3) is 0 Å². The van der Waals surface area contributed by atoms with Gasteiger partial charge in [0.1, 0.15) is 17.2 Å². The van der Waals surface area contributed by atoms with Crippen molar-refractivity contribution in [1.82, 2.24) is 15.5 Å². The van der Waals surface area contributed by atoms with E-state index in [9.17, 15) is 13.6 Å². The number of benzene rings is 1. The third-order valence-corrected chi connectivity index (χ3v) is 2.90. The number of nitrogens with zero attached hydrogens (tertiary/aromatic N) is 1. The van der Waals surface area contributed by atoms with Crippen molar-refractivity contribution in [3.05, 3.63) is 52.3 Å². The summed E-state index contributed by atoms with van der Waals surface area (Å²) in [6.45, 7) is 3.76. The molecule has 19 heavy (non-hydrogen) atoms. The quantitative estimate of drug-likeness (QED) is 0.894. The zero-order valence-electron chi connectivity index (χ0n) is 10.6. The second-order valence-corrected chi connectivity index (χ2v) is 4.19. The summed E-state index contributed by atoms with van der Waals surface area (Å²) in [5.41, 5.74) is 1.80. The van der Waals surface area contributed by atoms with E-state index in [1.54, 1.807) is 6.92 Å². The summed E-state index contributed by atoms with van der Waals surface area (Å²) in [6.07, 6.45) is 0. The van der Waals surface area contributed by atoms with Crippen molar-refractivity contribution in [2.24, 2.45) is 0 Å². The Labute approximate surface area is 108 Å². The standard InChI is InChI=1S/C13H13F2N3O/c1-7-9(8(2)18-17-7)6-16-13(19)12-10(14)4-3-5-11(12)15/h3-5H,6H2,1-2H3,(H,16,19)(H,17,18). The zero-order valence-corrected chi connectivity index (χ0v) is 10.6. The summed E-state index contributed by atoms with van der Waals surface area (Å²) in [4.78, 5) is 11.8.